The van der Waals surface area contributed by atoms with Gasteiger partial charge in [0.15, 0.2) is 0 Å². The highest BCUT2D eigenvalue weighted by Gasteiger charge is 2.14. The summed E-state index contributed by atoms with van der Waals surface area (Å²) in [5.74, 6) is -0.881. The van der Waals surface area contributed by atoms with E-state index in [1.54, 1.807) is 0 Å². The molecule has 0 aliphatic rings. The zero-order valence-electron chi connectivity index (χ0n) is 9.43. The number of anilines is 1. The average Bonchev–Trinajstić information content (AvgIpc) is 2.21. The van der Waals surface area contributed by atoms with Crippen LogP contribution >= 0.6 is 0 Å². The van der Waals surface area contributed by atoms with Crippen LogP contribution in [-0.4, -0.2) is 22.2 Å². The summed E-state index contributed by atoms with van der Waals surface area (Å²) in [5, 5.41) is 8.86. The molecule has 0 aromatic carbocycles. The summed E-state index contributed by atoms with van der Waals surface area (Å²) >= 11 is 0. The number of pyridine rings is 1. The molecule has 88 valence electrons. The van der Waals surface area contributed by atoms with Crippen molar-refractivity contribution < 1.29 is 14.6 Å². The third kappa shape index (κ3) is 2.85. The number of aromatic nitrogens is 1. The fraction of sp³-hybridized carbons (Fsp3) is 0.455. The second-order valence-corrected chi connectivity index (χ2v) is 3.60. The number of rotatable bonds is 5. The number of nitrogens with zero attached hydrogens (tertiary/aromatic N) is 1. The Morgan fingerprint density at radius 3 is 2.94 bits per heavy atom. The number of hydrogen-bond donors (Lipinski definition) is 2. The van der Waals surface area contributed by atoms with Crippen molar-refractivity contribution in [2.24, 2.45) is 0 Å². The van der Waals surface area contributed by atoms with Gasteiger partial charge in [-0.2, -0.15) is 0 Å². The minimum Gasteiger partial charge on any atom is -0.478 e. The number of nitrogens with two attached hydrogens (primary N) is 1. The second-order valence-electron chi connectivity index (χ2n) is 3.60. The zero-order chi connectivity index (χ0) is 12.1. The smallest absolute Gasteiger partial charge is 0.338 e. The first-order valence-electron chi connectivity index (χ1n) is 5.20. The molecule has 0 aliphatic heterocycles. The highest BCUT2D eigenvalue weighted by Crippen LogP contribution is 2.23. The Morgan fingerprint density at radius 1 is 1.69 bits per heavy atom. The minimum absolute atomic E-state index is 0.0219. The van der Waals surface area contributed by atoms with Gasteiger partial charge in [-0.05, 0) is 19.4 Å². The van der Waals surface area contributed by atoms with Gasteiger partial charge in [0.1, 0.15) is 5.69 Å². The lowest BCUT2D eigenvalue weighted by Crippen LogP contribution is -2.14. The molecule has 5 heteroatoms. The number of carbonyl (C=O) groups is 1. The molecule has 1 unspecified atom stereocenters. The van der Waals surface area contributed by atoms with Crippen molar-refractivity contribution in [1.82, 2.24) is 4.98 Å². The van der Waals surface area contributed by atoms with E-state index < -0.39 is 5.97 Å². The van der Waals surface area contributed by atoms with E-state index in [1.165, 1.54) is 12.3 Å². The Labute approximate surface area is 94.2 Å². The van der Waals surface area contributed by atoms with Crippen molar-refractivity contribution >= 4 is 11.7 Å². The predicted molar refractivity (Wildman–Crippen MR) is 60.6 cm³/mol. The molecular formula is C11H16N2O3. The lowest BCUT2D eigenvalue weighted by atomic mass is 10.2. The lowest BCUT2D eigenvalue weighted by molar-refractivity contribution is 0.0697. The number of carboxylic acids is 1. The Kier molecular flexibility index (Phi) is 4.10. The molecule has 0 saturated heterocycles. The van der Waals surface area contributed by atoms with E-state index >= 15 is 0 Å². The third-order valence-corrected chi connectivity index (χ3v) is 2.19. The van der Waals surface area contributed by atoms with Crippen molar-refractivity contribution in [1.29, 1.82) is 0 Å². The Hall–Kier alpha value is -1.78. The van der Waals surface area contributed by atoms with Crippen molar-refractivity contribution in [2.45, 2.75) is 32.8 Å². The molecule has 0 saturated carbocycles. The van der Waals surface area contributed by atoms with E-state index in [4.69, 9.17) is 15.6 Å². The maximum absolute atomic E-state index is 10.8. The summed E-state index contributed by atoms with van der Waals surface area (Å²) in [6.45, 7) is 3.95. The van der Waals surface area contributed by atoms with E-state index in [9.17, 15) is 4.79 Å². The molecule has 1 heterocycles. The number of nitrogen functional groups attached to an aromatic ring is 1. The lowest BCUT2D eigenvalue weighted by Gasteiger charge is -2.14. The topological polar surface area (TPSA) is 85.4 Å². The van der Waals surface area contributed by atoms with Crippen LogP contribution < -0.4 is 10.5 Å². The molecule has 3 N–H and O–H groups in total. The van der Waals surface area contributed by atoms with Crippen LogP contribution in [0.25, 0.3) is 0 Å². The molecule has 1 rings (SSSR count). The molecular weight excluding hydrogens is 208 g/mol. The summed E-state index contributed by atoms with van der Waals surface area (Å²) in [5.41, 5.74) is 5.76. The summed E-state index contributed by atoms with van der Waals surface area (Å²) in [4.78, 5) is 14.8. The van der Waals surface area contributed by atoms with Gasteiger partial charge in [-0.25, -0.2) is 9.78 Å². The molecule has 0 aliphatic carbocycles. The monoisotopic (exact) mass is 224 g/mol. The largest absolute Gasteiger partial charge is 0.478 e. The molecule has 0 radical (unpaired) electrons. The minimum atomic E-state index is -1.08. The van der Waals surface area contributed by atoms with Crippen LogP contribution in [-0.2, 0) is 0 Å². The molecule has 1 aromatic rings. The van der Waals surface area contributed by atoms with E-state index in [0.29, 0.717) is 0 Å². The zero-order valence-corrected chi connectivity index (χ0v) is 9.43. The fourth-order valence-electron chi connectivity index (χ4n) is 1.39. The van der Waals surface area contributed by atoms with Crippen molar-refractivity contribution in [3.05, 3.63) is 17.8 Å². The Bertz CT molecular complexity index is 379. The average molecular weight is 224 g/mol. The van der Waals surface area contributed by atoms with Gasteiger partial charge >= 0.3 is 5.97 Å². The number of hydrogen-bond acceptors (Lipinski definition) is 4. The van der Waals surface area contributed by atoms with E-state index in [0.717, 1.165) is 12.8 Å². The van der Waals surface area contributed by atoms with E-state index in [-0.39, 0.29) is 23.2 Å². The maximum Gasteiger partial charge on any atom is 0.338 e. The van der Waals surface area contributed by atoms with Crippen molar-refractivity contribution in [3.63, 3.8) is 0 Å². The molecule has 16 heavy (non-hydrogen) atoms. The number of carboxylic acid groups (broad SMARTS) is 1. The van der Waals surface area contributed by atoms with Crippen molar-refractivity contribution in [2.75, 3.05) is 5.73 Å². The summed E-state index contributed by atoms with van der Waals surface area (Å²) < 4.78 is 5.48. The molecule has 5 nitrogen and oxygen atoms in total. The highest BCUT2D eigenvalue weighted by atomic mass is 16.5. The standard InChI is InChI=1S/C11H16N2O3/c1-3-4-7(2)16-10-9(12)8(11(14)15)5-6-13-10/h5-7H,3-4,12H2,1-2H3,(H,14,15). The van der Waals surface area contributed by atoms with Crippen molar-refractivity contribution in [3.8, 4) is 5.88 Å². The van der Waals surface area contributed by atoms with E-state index in [2.05, 4.69) is 4.98 Å². The van der Waals surface area contributed by atoms with Gasteiger partial charge in [-0.3, -0.25) is 0 Å². The van der Waals surface area contributed by atoms with Gasteiger partial charge in [0.05, 0.1) is 11.7 Å². The molecule has 0 fully saturated rings. The van der Waals surface area contributed by atoms with Gasteiger partial charge in [-0.1, -0.05) is 13.3 Å². The molecule has 0 bridgehead atoms. The van der Waals surface area contributed by atoms with Crippen LogP contribution in [0.3, 0.4) is 0 Å². The maximum atomic E-state index is 10.8. The summed E-state index contributed by atoms with van der Waals surface area (Å²) in [7, 11) is 0. The van der Waals surface area contributed by atoms with Gasteiger partial charge in [0.2, 0.25) is 5.88 Å². The molecule has 0 amide bonds. The van der Waals surface area contributed by atoms with Crippen LogP contribution in [0.2, 0.25) is 0 Å². The van der Waals surface area contributed by atoms with Crippen LogP contribution in [0.5, 0.6) is 5.88 Å². The highest BCUT2D eigenvalue weighted by molar-refractivity contribution is 5.94. The molecule has 1 aromatic heterocycles. The number of aromatic carboxylic acids is 1. The van der Waals surface area contributed by atoms with Gasteiger partial charge < -0.3 is 15.6 Å². The predicted octanol–water partition coefficient (Wildman–Crippen LogP) is 1.93. The SMILES string of the molecule is CCCC(C)Oc1nccc(C(=O)O)c1N. The first-order chi connectivity index (χ1) is 7.56. The Balaban J connectivity index is 2.89. The van der Waals surface area contributed by atoms with Gasteiger partial charge in [0, 0.05) is 6.20 Å². The second kappa shape index (κ2) is 5.34. The third-order valence-electron chi connectivity index (χ3n) is 2.19. The first-order valence-corrected chi connectivity index (χ1v) is 5.20. The summed E-state index contributed by atoms with van der Waals surface area (Å²) in [6, 6.07) is 1.36. The van der Waals surface area contributed by atoms with Crippen LogP contribution in [0.1, 0.15) is 37.0 Å². The first kappa shape index (κ1) is 12.3. The van der Waals surface area contributed by atoms with Crippen LogP contribution in [0.15, 0.2) is 12.3 Å². The fourth-order valence-corrected chi connectivity index (χ4v) is 1.39. The quantitative estimate of drug-likeness (QED) is 0.798. The number of ether oxygens (including phenoxy) is 1. The van der Waals surface area contributed by atoms with Crippen LogP contribution in [0, 0.1) is 0 Å². The Morgan fingerprint density at radius 2 is 2.38 bits per heavy atom. The van der Waals surface area contributed by atoms with Crippen LogP contribution in [0.4, 0.5) is 5.69 Å². The molecule has 1 atom stereocenters. The van der Waals surface area contributed by atoms with E-state index in [1.807, 2.05) is 13.8 Å². The summed E-state index contributed by atoms with van der Waals surface area (Å²) in [6.07, 6.45) is 3.22. The van der Waals surface area contributed by atoms with Gasteiger partial charge in [0.25, 0.3) is 0 Å². The van der Waals surface area contributed by atoms with Gasteiger partial charge in [-0.15, -0.1) is 0 Å². The molecule has 0 spiro atoms. The normalized spacial score (nSPS) is 12.1.